The van der Waals surface area contributed by atoms with E-state index in [1.807, 2.05) is 0 Å². The highest BCUT2D eigenvalue weighted by atomic mass is 35.5. The van der Waals surface area contributed by atoms with E-state index in [9.17, 15) is 18.0 Å². The number of aromatic nitrogens is 1. The van der Waals surface area contributed by atoms with Gasteiger partial charge in [0.05, 0.1) is 23.0 Å². The van der Waals surface area contributed by atoms with E-state index in [0.717, 1.165) is 24.3 Å². The van der Waals surface area contributed by atoms with Crippen molar-refractivity contribution in [2.45, 2.75) is 6.18 Å². The molecular formula is C13H9ClF3N3O. The Morgan fingerprint density at radius 1 is 1.24 bits per heavy atom. The number of nitrogens with two attached hydrogens (primary N) is 1. The number of carbonyl (C=O) groups excluding carboxylic acids is 1. The molecule has 0 fully saturated rings. The Morgan fingerprint density at radius 3 is 2.43 bits per heavy atom. The number of alkyl halides is 3. The zero-order valence-electron chi connectivity index (χ0n) is 10.4. The second-order valence-corrected chi connectivity index (χ2v) is 4.51. The molecule has 0 aliphatic carbocycles. The number of anilines is 2. The fourth-order valence-electron chi connectivity index (χ4n) is 1.58. The minimum atomic E-state index is -4.43. The highest BCUT2D eigenvalue weighted by molar-refractivity contribution is 6.30. The van der Waals surface area contributed by atoms with E-state index >= 15 is 0 Å². The van der Waals surface area contributed by atoms with Crippen LogP contribution >= 0.6 is 11.6 Å². The van der Waals surface area contributed by atoms with Crippen LogP contribution in [0.25, 0.3) is 0 Å². The Labute approximate surface area is 122 Å². The summed E-state index contributed by atoms with van der Waals surface area (Å²) >= 11 is 5.66. The van der Waals surface area contributed by atoms with Crippen LogP contribution in [0.2, 0.25) is 5.15 Å². The summed E-state index contributed by atoms with van der Waals surface area (Å²) in [6.45, 7) is 0. The lowest BCUT2D eigenvalue weighted by atomic mass is 10.2. The summed E-state index contributed by atoms with van der Waals surface area (Å²) in [6.07, 6.45) is -3.20. The molecule has 0 unspecified atom stereocenters. The number of nitrogens with one attached hydrogen (secondary N) is 1. The average molecular weight is 316 g/mol. The predicted octanol–water partition coefficient (Wildman–Crippen LogP) is 3.59. The van der Waals surface area contributed by atoms with E-state index in [2.05, 4.69) is 10.3 Å². The van der Waals surface area contributed by atoms with Crippen molar-refractivity contribution in [1.29, 1.82) is 0 Å². The molecule has 0 aliphatic rings. The number of rotatable bonds is 2. The maximum absolute atomic E-state index is 12.4. The van der Waals surface area contributed by atoms with Gasteiger partial charge >= 0.3 is 6.18 Å². The predicted molar refractivity (Wildman–Crippen MR) is 73.1 cm³/mol. The highest BCUT2D eigenvalue weighted by Crippen LogP contribution is 2.30. The van der Waals surface area contributed by atoms with Crippen molar-refractivity contribution in [3.63, 3.8) is 0 Å². The van der Waals surface area contributed by atoms with Gasteiger partial charge in [0.15, 0.2) is 0 Å². The van der Waals surface area contributed by atoms with Crippen LogP contribution in [0.3, 0.4) is 0 Å². The van der Waals surface area contributed by atoms with Gasteiger partial charge in [0.2, 0.25) is 0 Å². The lowest BCUT2D eigenvalue weighted by molar-refractivity contribution is -0.137. The van der Waals surface area contributed by atoms with Gasteiger partial charge in [-0.3, -0.25) is 4.79 Å². The van der Waals surface area contributed by atoms with Crippen molar-refractivity contribution >= 4 is 28.9 Å². The van der Waals surface area contributed by atoms with Crippen molar-refractivity contribution in [2.75, 3.05) is 11.1 Å². The van der Waals surface area contributed by atoms with Gasteiger partial charge < -0.3 is 11.1 Å². The number of nitrogens with zero attached hydrogens (tertiary/aromatic N) is 1. The molecule has 2 rings (SSSR count). The van der Waals surface area contributed by atoms with E-state index in [4.69, 9.17) is 17.3 Å². The Hall–Kier alpha value is -2.28. The summed E-state index contributed by atoms with van der Waals surface area (Å²) in [4.78, 5) is 15.7. The maximum Gasteiger partial charge on any atom is 0.416 e. The van der Waals surface area contributed by atoms with Crippen molar-refractivity contribution in [1.82, 2.24) is 4.98 Å². The molecular weight excluding hydrogens is 307 g/mol. The van der Waals surface area contributed by atoms with Crippen LogP contribution in [0.1, 0.15) is 15.9 Å². The Morgan fingerprint density at radius 2 is 1.86 bits per heavy atom. The van der Waals surface area contributed by atoms with Crippen LogP contribution in [-0.2, 0) is 6.18 Å². The molecule has 3 N–H and O–H groups in total. The molecule has 1 amide bonds. The second-order valence-electron chi connectivity index (χ2n) is 4.12. The molecule has 0 bridgehead atoms. The second kappa shape index (κ2) is 5.61. The highest BCUT2D eigenvalue weighted by Gasteiger charge is 2.30. The van der Waals surface area contributed by atoms with E-state index < -0.39 is 17.6 Å². The molecule has 1 aromatic heterocycles. The monoisotopic (exact) mass is 315 g/mol. The first-order valence-corrected chi connectivity index (χ1v) is 6.05. The van der Waals surface area contributed by atoms with E-state index in [0.29, 0.717) is 0 Å². The summed E-state index contributed by atoms with van der Waals surface area (Å²) in [5.74, 6) is -0.587. The SMILES string of the molecule is Nc1cnc(Cl)cc1C(=O)Nc1ccc(C(F)(F)F)cc1. The molecule has 0 radical (unpaired) electrons. The van der Waals surface area contributed by atoms with Crippen LogP contribution in [0.5, 0.6) is 0 Å². The van der Waals surface area contributed by atoms with Gasteiger partial charge in [0.1, 0.15) is 5.15 Å². The first-order valence-electron chi connectivity index (χ1n) is 5.67. The van der Waals surface area contributed by atoms with Crippen LogP contribution < -0.4 is 11.1 Å². The maximum atomic E-state index is 12.4. The first kappa shape index (κ1) is 15.1. The Kier molecular flexibility index (Phi) is 4.04. The van der Waals surface area contributed by atoms with Crippen LogP contribution in [-0.4, -0.2) is 10.9 Å². The number of pyridine rings is 1. The molecule has 0 aliphatic heterocycles. The smallest absolute Gasteiger partial charge is 0.397 e. The number of nitrogen functional groups attached to an aromatic ring is 1. The molecule has 0 spiro atoms. The Balaban J connectivity index is 2.18. The van der Waals surface area contributed by atoms with Crippen LogP contribution in [0.4, 0.5) is 24.5 Å². The van der Waals surface area contributed by atoms with Gasteiger partial charge in [0.25, 0.3) is 5.91 Å². The molecule has 0 saturated heterocycles. The van der Waals surface area contributed by atoms with Gasteiger partial charge in [-0.25, -0.2) is 4.98 Å². The van der Waals surface area contributed by atoms with Gasteiger partial charge in [0, 0.05) is 5.69 Å². The third-order valence-corrected chi connectivity index (χ3v) is 2.82. The lowest BCUT2D eigenvalue weighted by Gasteiger charge is -2.10. The molecule has 1 heterocycles. The van der Waals surface area contributed by atoms with Crippen molar-refractivity contribution < 1.29 is 18.0 Å². The van der Waals surface area contributed by atoms with Gasteiger partial charge in [-0.2, -0.15) is 13.2 Å². The summed E-state index contributed by atoms with van der Waals surface area (Å²) in [5.41, 5.74) is 5.21. The number of halogens is 4. The molecule has 110 valence electrons. The largest absolute Gasteiger partial charge is 0.416 e. The van der Waals surface area contributed by atoms with Crippen molar-refractivity contribution in [3.8, 4) is 0 Å². The number of benzene rings is 1. The molecule has 2 aromatic rings. The summed E-state index contributed by atoms with van der Waals surface area (Å²) in [7, 11) is 0. The van der Waals surface area contributed by atoms with Crippen molar-refractivity contribution in [3.05, 3.63) is 52.8 Å². The minimum absolute atomic E-state index is 0.0850. The summed E-state index contributed by atoms with van der Waals surface area (Å²) < 4.78 is 37.3. The third kappa shape index (κ3) is 3.63. The Bertz CT molecular complexity index is 671. The molecule has 4 nitrogen and oxygen atoms in total. The van der Waals surface area contributed by atoms with Gasteiger partial charge in [-0.15, -0.1) is 0 Å². The fraction of sp³-hybridized carbons (Fsp3) is 0.0769. The number of hydrogen-bond acceptors (Lipinski definition) is 3. The number of hydrogen-bond donors (Lipinski definition) is 2. The number of carbonyl (C=O) groups is 1. The van der Waals surface area contributed by atoms with E-state index in [1.165, 1.54) is 12.3 Å². The third-order valence-electron chi connectivity index (χ3n) is 2.62. The molecule has 0 saturated carbocycles. The quantitative estimate of drug-likeness (QED) is 0.832. The standard InChI is InChI=1S/C13H9ClF3N3O/c14-11-5-9(10(18)6-19-11)12(21)20-8-3-1-7(2-4-8)13(15,16)17/h1-6H,18H2,(H,20,21). The summed E-state index contributed by atoms with van der Waals surface area (Å²) in [6, 6.07) is 5.33. The van der Waals surface area contributed by atoms with Crippen molar-refractivity contribution in [2.24, 2.45) is 0 Å². The van der Waals surface area contributed by atoms with Crippen LogP contribution in [0.15, 0.2) is 36.5 Å². The zero-order valence-corrected chi connectivity index (χ0v) is 11.2. The summed E-state index contributed by atoms with van der Waals surface area (Å²) in [5, 5.41) is 2.52. The van der Waals surface area contributed by atoms with Gasteiger partial charge in [-0.05, 0) is 30.3 Å². The van der Waals surface area contributed by atoms with Crippen LogP contribution in [0, 0.1) is 0 Å². The molecule has 21 heavy (non-hydrogen) atoms. The molecule has 8 heteroatoms. The first-order chi connectivity index (χ1) is 9.77. The fourth-order valence-corrected chi connectivity index (χ4v) is 1.74. The normalized spacial score (nSPS) is 11.2. The van der Waals surface area contributed by atoms with Gasteiger partial charge in [-0.1, -0.05) is 11.6 Å². The van der Waals surface area contributed by atoms with E-state index in [1.54, 1.807) is 0 Å². The topological polar surface area (TPSA) is 68.0 Å². The average Bonchev–Trinajstić information content (AvgIpc) is 2.41. The zero-order chi connectivity index (χ0) is 15.6. The minimum Gasteiger partial charge on any atom is -0.397 e. The molecule has 1 aromatic carbocycles. The van der Waals surface area contributed by atoms with E-state index in [-0.39, 0.29) is 22.1 Å². The number of amides is 1. The molecule has 0 atom stereocenters. The lowest BCUT2D eigenvalue weighted by Crippen LogP contribution is -2.14.